The summed E-state index contributed by atoms with van der Waals surface area (Å²) in [7, 11) is 0. The van der Waals surface area contributed by atoms with Crippen LogP contribution in [0, 0.1) is 5.92 Å². The summed E-state index contributed by atoms with van der Waals surface area (Å²) < 4.78 is 5.56. The van der Waals surface area contributed by atoms with Gasteiger partial charge in [-0.25, -0.2) is 0 Å². The molecule has 0 aromatic carbocycles. The van der Waals surface area contributed by atoms with Crippen molar-refractivity contribution >= 4 is 11.3 Å². The molecule has 0 radical (unpaired) electrons. The standard InChI is InChI=1S/C12H20N2OS/c1-2-15-11-5-9(6-11)7-12(14-13)10-3-4-16-8-10/h3-4,8-9,11-12,14H,2,5-7,13H2,1H3. The summed E-state index contributed by atoms with van der Waals surface area (Å²) in [5.74, 6) is 6.37. The molecular formula is C12H20N2OS. The van der Waals surface area contributed by atoms with Gasteiger partial charge in [-0.05, 0) is 54.5 Å². The van der Waals surface area contributed by atoms with E-state index < -0.39 is 0 Å². The van der Waals surface area contributed by atoms with Gasteiger partial charge in [0.05, 0.1) is 6.10 Å². The SMILES string of the molecule is CCOC1CC(CC(NN)c2ccsc2)C1. The highest BCUT2D eigenvalue weighted by Crippen LogP contribution is 2.36. The zero-order chi connectivity index (χ0) is 11.4. The smallest absolute Gasteiger partial charge is 0.0580 e. The summed E-state index contributed by atoms with van der Waals surface area (Å²) in [5, 5.41) is 4.27. The van der Waals surface area contributed by atoms with Gasteiger partial charge in [0, 0.05) is 12.6 Å². The minimum atomic E-state index is 0.304. The van der Waals surface area contributed by atoms with Crippen molar-refractivity contribution in [1.82, 2.24) is 5.43 Å². The summed E-state index contributed by atoms with van der Waals surface area (Å²) >= 11 is 1.72. The van der Waals surface area contributed by atoms with Gasteiger partial charge in [-0.1, -0.05) is 0 Å². The first kappa shape index (κ1) is 12.0. The number of hydrogen-bond acceptors (Lipinski definition) is 4. The number of hydrogen-bond donors (Lipinski definition) is 2. The molecule has 3 nitrogen and oxygen atoms in total. The maximum atomic E-state index is 5.61. The molecular weight excluding hydrogens is 220 g/mol. The normalized spacial score (nSPS) is 26.4. The molecule has 16 heavy (non-hydrogen) atoms. The zero-order valence-corrected chi connectivity index (χ0v) is 10.5. The molecule has 1 fully saturated rings. The van der Waals surface area contributed by atoms with Crippen molar-refractivity contribution in [2.45, 2.75) is 38.3 Å². The minimum absolute atomic E-state index is 0.304. The van der Waals surface area contributed by atoms with E-state index in [9.17, 15) is 0 Å². The molecule has 1 aliphatic carbocycles. The number of ether oxygens (including phenoxy) is 1. The van der Waals surface area contributed by atoms with E-state index >= 15 is 0 Å². The highest BCUT2D eigenvalue weighted by molar-refractivity contribution is 7.07. The van der Waals surface area contributed by atoms with Gasteiger partial charge in [-0.2, -0.15) is 11.3 Å². The van der Waals surface area contributed by atoms with Crippen molar-refractivity contribution in [1.29, 1.82) is 0 Å². The van der Waals surface area contributed by atoms with Gasteiger partial charge in [0.1, 0.15) is 0 Å². The van der Waals surface area contributed by atoms with E-state index in [0.29, 0.717) is 12.1 Å². The Hall–Kier alpha value is -0.420. The lowest BCUT2D eigenvalue weighted by atomic mass is 9.77. The fourth-order valence-corrected chi connectivity index (χ4v) is 3.06. The number of thiophene rings is 1. The van der Waals surface area contributed by atoms with Crippen molar-refractivity contribution in [2.24, 2.45) is 11.8 Å². The van der Waals surface area contributed by atoms with E-state index in [0.717, 1.165) is 18.9 Å². The summed E-state index contributed by atoms with van der Waals surface area (Å²) in [6.07, 6.45) is 4.00. The van der Waals surface area contributed by atoms with Crippen molar-refractivity contribution in [2.75, 3.05) is 6.61 Å². The van der Waals surface area contributed by atoms with Crippen LogP contribution in [0.1, 0.15) is 37.8 Å². The third kappa shape index (κ3) is 2.83. The van der Waals surface area contributed by atoms with Crippen LogP contribution in [0.25, 0.3) is 0 Å². The Morgan fingerprint density at radius 1 is 1.62 bits per heavy atom. The first-order chi connectivity index (χ1) is 7.83. The van der Waals surface area contributed by atoms with E-state index in [1.54, 1.807) is 11.3 Å². The predicted octanol–water partition coefficient (Wildman–Crippen LogP) is 2.46. The van der Waals surface area contributed by atoms with Crippen LogP contribution in [0.15, 0.2) is 16.8 Å². The molecule has 3 N–H and O–H groups in total. The lowest BCUT2D eigenvalue weighted by Crippen LogP contribution is -2.36. The van der Waals surface area contributed by atoms with E-state index in [-0.39, 0.29) is 0 Å². The molecule has 2 rings (SSSR count). The zero-order valence-electron chi connectivity index (χ0n) is 9.69. The Morgan fingerprint density at radius 2 is 2.44 bits per heavy atom. The average Bonchev–Trinajstić information content (AvgIpc) is 2.74. The number of nitrogens with two attached hydrogens (primary N) is 1. The average molecular weight is 240 g/mol. The van der Waals surface area contributed by atoms with Crippen LogP contribution >= 0.6 is 11.3 Å². The first-order valence-corrected chi connectivity index (χ1v) is 6.87. The molecule has 0 amide bonds. The van der Waals surface area contributed by atoms with Gasteiger partial charge in [-0.3, -0.25) is 11.3 Å². The fraction of sp³-hybridized carbons (Fsp3) is 0.667. The number of hydrazine groups is 1. The third-order valence-corrected chi connectivity index (χ3v) is 4.01. The Bertz CT molecular complexity index is 296. The molecule has 0 saturated heterocycles. The second-order valence-corrected chi connectivity index (χ2v) is 5.21. The second kappa shape index (κ2) is 5.77. The van der Waals surface area contributed by atoms with Crippen LogP contribution < -0.4 is 11.3 Å². The van der Waals surface area contributed by atoms with Gasteiger partial charge >= 0.3 is 0 Å². The van der Waals surface area contributed by atoms with E-state index in [4.69, 9.17) is 10.6 Å². The molecule has 1 atom stereocenters. The highest BCUT2D eigenvalue weighted by Gasteiger charge is 2.31. The Labute approximate surface area is 101 Å². The highest BCUT2D eigenvalue weighted by atomic mass is 32.1. The van der Waals surface area contributed by atoms with Crippen molar-refractivity contribution in [3.8, 4) is 0 Å². The molecule has 0 bridgehead atoms. The van der Waals surface area contributed by atoms with Gasteiger partial charge in [0.25, 0.3) is 0 Å². The lowest BCUT2D eigenvalue weighted by Gasteiger charge is -2.36. The Kier molecular flexibility index (Phi) is 4.35. The van der Waals surface area contributed by atoms with Gasteiger partial charge < -0.3 is 4.74 Å². The Morgan fingerprint density at radius 3 is 3.00 bits per heavy atom. The topological polar surface area (TPSA) is 47.3 Å². The molecule has 90 valence electrons. The van der Waals surface area contributed by atoms with E-state index in [1.165, 1.54) is 18.4 Å². The molecule has 1 unspecified atom stereocenters. The van der Waals surface area contributed by atoms with E-state index in [2.05, 4.69) is 29.2 Å². The summed E-state index contributed by atoms with van der Waals surface area (Å²) in [6, 6.07) is 2.45. The summed E-state index contributed by atoms with van der Waals surface area (Å²) in [6.45, 7) is 2.89. The molecule has 1 aromatic heterocycles. The summed E-state index contributed by atoms with van der Waals surface area (Å²) in [5.41, 5.74) is 4.23. The van der Waals surface area contributed by atoms with Crippen LogP contribution in [0.4, 0.5) is 0 Å². The first-order valence-electron chi connectivity index (χ1n) is 5.93. The molecule has 1 aromatic rings. The van der Waals surface area contributed by atoms with Gasteiger partial charge in [-0.15, -0.1) is 0 Å². The van der Waals surface area contributed by atoms with Crippen molar-refractivity contribution < 1.29 is 4.74 Å². The predicted molar refractivity (Wildman–Crippen MR) is 67.1 cm³/mol. The van der Waals surface area contributed by atoms with Crippen LogP contribution in [-0.4, -0.2) is 12.7 Å². The van der Waals surface area contributed by atoms with Crippen molar-refractivity contribution in [3.63, 3.8) is 0 Å². The summed E-state index contributed by atoms with van der Waals surface area (Å²) in [4.78, 5) is 0. The van der Waals surface area contributed by atoms with E-state index in [1.807, 2.05) is 0 Å². The molecule has 0 spiro atoms. The third-order valence-electron chi connectivity index (χ3n) is 3.31. The fourth-order valence-electron chi connectivity index (χ4n) is 2.35. The van der Waals surface area contributed by atoms with Crippen LogP contribution in [0.5, 0.6) is 0 Å². The number of rotatable bonds is 6. The van der Waals surface area contributed by atoms with Crippen LogP contribution in [-0.2, 0) is 4.74 Å². The molecule has 4 heteroatoms. The largest absolute Gasteiger partial charge is 0.378 e. The van der Waals surface area contributed by atoms with Crippen LogP contribution in [0.2, 0.25) is 0 Å². The maximum absolute atomic E-state index is 5.61. The molecule has 0 aliphatic heterocycles. The monoisotopic (exact) mass is 240 g/mol. The maximum Gasteiger partial charge on any atom is 0.0580 e. The van der Waals surface area contributed by atoms with Crippen LogP contribution in [0.3, 0.4) is 0 Å². The second-order valence-electron chi connectivity index (χ2n) is 4.43. The minimum Gasteiger partial charge on any atom is -0.378 e. The molecule has 1 heterocycles. The lowest BCUT2D eigenvalue weighted by molar-refractivity contribution is -0.0291. The Balaban J connectivity index is 1.77. The number of nitrogens with one attached hydrogen (secondary N) is 1. The van der Waals surface area contributed by atoms with Crippen molar-refractivity contribution in [3.05, 3.63) is 22.4 Å². The van der Waals surface area contributed by atoms with Gasteiger partial charge in [0.2, 0.25) is 0 Å². The van der Waals surface area contributed by atoms with Gasteiger partial charge in [0.15, 0.2) is 0 Å². The molecule has 1 saturated carbocycles. The quantitative estimate of drug-likeness (QED) is 0.593. The molecule has 1 aliphatic rings.